The number of carboxylic acid groups (broad SMARTS) is 3. The molecule has 0 amide bonds. The van der Waals surface area contributed by atoms with Crippen LogP contribution in [0.2, 0.25) is 0 Å². The summed E-state index contributed by atoms with van der Waals surface area (Å²) in [5.41, 5.74) is -2.23. The van der Waals surface area contributed by atoms with E-state index in [1.165, 1.54) is 0 Å². The minimum Gasteiger partial charge on any atom is -0.481 e. The molecule has 0 fully saturated rings. The minimum atomic E-state index is -2.23. The van der Waals surface area contributed by atoms with Gasteiger partial charge in [-0.3, -0.25) is 14.4 Å². The van der Waals surface area contributed by atoms with Crippen LogP contribution in [0.1, 0.15) is 19.3 Å². The van der Waals surface area contributed by atoms with E-state index in [1.807, 2.05) is 0 Å². The van der Waals surface area contributed by atoms with Crippen LogP contribution in [0.3, 0.4) is 0 Å². The van der Waals surface area contributed by atoms with E-state index in [0.717, 1.165) is 0 Å². The van der Waals surface area contributed by atoms with Gasteiger partial charge in [0.2, 0.25) is 0 Å². The molecule has 9 heteroatoms. The Kier molecular flexibility index (Phi) is 10.2. The summed E-state index contributed by atoms with van der Waals surface area (Å²) in [6.07, 6.45) is -2.73. The fraction of sp³-hybridized carbons (Fsp3) is 0.571. The molecule has 0 atom stereocenters. The van der Waals surface area contributed by atoms with Gasteiger partial charge >= 0.3 is 17.9 Å². The Morgan fingerprint density at radius 2 is 1.00 bits per heavy atom. The standard InChI is InChI=1S/C7H10O7.Fe.H3N/c8-4(9)1-7(14,2-5(10)11)3-6(12)13;;/h14H,1-3H2,(H,8,9)(H,10,11)(H,12,13);;1H3. The van der Waals surface area contributed by atoms with E-state index in [9.17, 15) is 19.5 Å². The number of hydrogen-bond donors (Lipinski definition) is 5. The Bertz CT molecular complexity index is 227. The van der Waals surface area contributed by atoms with E-state index in [-0.39, 0.29) is 23.2 Å². The van der Waals surface area contributed by atoms with E-state index < -0.39 is 42.8 Å². The second-order valence-corrected chi connectivity index (χ2v) is 2.94. The molecule has 0 unspecified atom stereocenters. The van der Waals surface area contributed by atoms with Gasteiger partial charge in [-0.25, -0.2) is 0 Å². The second-order valence-electron chi connectivity index (χ2n) is 2.94. The molecule has 0 bridgehead atoms. The first-order valence-electron chi connectivity index (χ1n) is 3.63. The van der Waals surface area contributed by atoms with E-state index in [0.29, 0.717) is 0 Å². The van der Waals surface area contributed by atoms with Crippen molar-refractivity contribution < 1.29 is 51.9 Å². The van der Waals surface area contributed by atoms with Gasteiger partial charge in [-0.2, -0.15) is 0 Å². The number of carbonyl (C=O) groups is 3. The SMILES string of the molecule is N.O=C(O)CC(O)(CC(=O)O)CC(=O)O.[Fe]. The van der Waals surface area contributed by atoms with Crippen molar-refractivity contribution in [2.45, 2.75) is 24.9 Å². The fourth-order valence-electron chi connectivity index (χ4n) is 1.03. The number of aliphatic carboxylic acids is 3. The molecule has 0 aliphatic heterocycles. The van der Waals surface area contributed by atoms with Crippen molar-refractivity contribution in [3.63, 3.8) is 0 Å². The van der Waals surface area contributed by atoms with Gasteiger partial charge in [-0.1, -0.05) is 0 Å². The van der Waals surface area contributed by atoms with Crippen LogP contribution < -0.4 is 6.15 Å². The molecule has 16 heavy (non-hydrogen) atoms. The summed E-state index contributed by atoms with van der Waals surface area (Å²) in [5.74, 6) is -4.35. The molecule has 7 N–H and O–H groups in total. The smallest absolute Gasteiger partial charge is 0.306 e. The Hall–Kier alpha value is -1.15. The third-order valence-electron chi connectivity index (χ3n) is 1.44. The van der Waals surface area contributed by atoms with Crippen molar-refractivity contribution >= 4 is 17.9 Å². The average Bonchev–Trinajstić information content (AvgIpc) is 1.76. The van der Waals surface area contributed by atoms with Gasteiger partial charge in [0.05, 0.1) is 24.9 Å². The summed E-state index contributed by atoms with van der Waals surface area (Å²) in [6, 6.07) is 0. The van der Waals surface area contributed by atoms with Gasteiger partial charge < -0.3 is 26.6 Å². The van der Waals surface area contributed by atoms with Crippen LogP contribution in [0.4, 0.5) is 0 Å². The topological polar surface area (TPSA) is 167 Å². The molecule has 0 aromatic carbocycles. The van der Waals surface area contributed by atoms with Crippen molar-refractivity contribution in [3.8, 4) is 0 Å². The Balaban J connectivity index is -0.000000845. The van der Waals surface area contributed by atoms with Crippen molar-refractivity contribution in [2.75, 3.05) is 0 Å². The van der Waals surface area contributed by atoms with Gasteiger partial charge in [-0.05, 0) is 0 Å². The number of rotatable bonds is 6. The van der Waals surface area contributed by atoms with Crippen LogP contribution in [-0.4, -0.2) is 43.9 Å². The van der Waals surface area contributed by atoms with Gasteiger partial charge in [0.25, 0.3) is 0 Å². The van der Waals surface area contributed by atoms with Crippen LogP contribution in [0.25, 0.3) is 0 Å². The minimum absolute atomic E-state index is 0. The van der Waals surface area contributed by atoms with Gasteiger partial charge in [0, 0.05) is 17.1 Å². The third-order valence-corrected chi connectivity index (χ3v) is 1.44. The first kappa shape index (κ1) is 20.3. The Labute approximate surface area is 101 Å². The summed E-state index contributed by atoms with van der Waals surface area (Å²) in [5, 5.41) is 34.4. The Morgan fingerprint density at radius 1 is 0.812 bits per heavy atom. The summed E-state index contributed by atoms with van der Waals surface area (Å²) < 4.78 is 0. The molecular weight excluding hydrogens is 266 g/mol. The van der Waals surface area contributed by atoms with E-state index >= 15 is 0 Å². The van der Waals surface area contributed by atoms with E-state index in [2.05, 4.69) is 0 Å². The van der Waals surface area contributed by atoms with E-state index in [4.69, 9.17) is 15.3 Å². The Morgan fingerprint density at radius 3 is 1.12 bits per heavy atom. The summed E-state index contributed by atoms with van der Waals surface area (Å²) >= 11 is 0. The molecule has 0 spiro atoms. The average molecular weight is 279 g/mol. The zero-order valence-electron chi connectivity index (χ0n) is 8.20. The normalized spacial score (nSPS) is 9.56. The molecule has 0 aliphatic rings. The van der Waals surface area contributed by atoms with Gasteiger partial charge in [-0.15, -0.1) is 0 Å². The maximum atomic E-state index is 10.2. The molecular formula is C7H13FeNO7. The zero-order valence-corrected chi connectivity index (χ0v) is 9.30. The summed E-state index contributed by atoms with van der Waals surface area (Å²) in [4.78, 5) is 30.7. The molecule has 0 aromatic rings. The van der Waals surface area contributed by atoms with Crippen molar-refractivity contribution in [1.82, 2.24) is 6.15 Å². The molecule has 0 heterocycles. The molecule has 8 nitrogen and oxygen atoms in total. The van der Waals surface area contributed by atoms with Crippen LogP contribution in [0.15, 0.2) is 0 Å². The second kappa shape index (κ2) is 8.05. The monoisotopic (exact) mass is 279 g/mol. The van der Waals surface area contributed by atoms with Crippen molar-refractivity contribution in [1.29, 1.82) is 0 Å². The van der Waals surface area contributed by atoms with Crippen molar-refractivity contribution in [2.24, 2.45) is 0 Å². The predicted octanol–water partition coefficient (Wildman–Crippen LogP) is -0.699. The maximum Gasteiger partial charge on any atom is 0.306 e. The van der Waals surface area contributed by atoms with Crippen molar-refractivity contribution in [3.05, 3.63) is 0 Å². The number of aliphatic hydroxyl groups is 1. The number of hydrogen-bond acceptors (Lipinski definition) is 5. The van der Waals surface area contributed by atoms with Gasteiger partial charge in [0.15, 0.2) is 0 Å². The molecule has 96 valence electrons. The summed E-state index contributed by atoms with van der Waals surface area (Å²) in [7, 11) is 0. The first-order chi connectivity index (χ1) is 6.25. The molecule has 0 saturated heterocycles. The maximum absolute atomic E-state index is 10.2. The molecule has 0 aliphatic carbocycles. The predicted molar refractivity (Wildman–Crippen MR) is 46.7 cm³/mol. The van der Waals surface area contributed by atoms with Crippen LogP contribution in [-0.2, 0) is 31.5 Å². The largest absolute Gasteiger partial charge is 0.481 e. The molecule has 0 rings (SSSR count). The van der Waals surface area contributed by atoms with Crippen LogP contribution in [0, 0.1) is 0 Å². The van der Waals surface area contributed by atoms with Crippen LogP contribution >= 0.6 is 0 Å². The molecule has 0 radical (unpaired) electrons. The first-order valence-corrected chi connectivity index (χ1v) is 3.63. The third kappa shape index (κ3) is 9.41. The van der Waals surface area contributed by atoms with Crippen LogP contribution in [0.5, 0.6) is 0 Å². The van der Waals surface area contributed by atoms with Gasteiger partial charge in [0.1, 0.15) is 0 Å². The molecule has 0 aromatic heterocycles. The fourth-order valence-corrected chi connectivity index (χ4v) is 1.03. The number of carboxylic acids is 3. The zero-order chi connectivity index (χ0) is 11.4. The quantitative estimate of drug-likeness (QED) is 0.398. The van der Waals surface area contributed by atoms with E-state index in [1.54, 1.807) is 0 Å². The molecule has 0 saturated carbocycles. The summed E-state index contributed by atoms with van der Waals surface area (Å²) in [6.45, 7) is 0.